The fraction of sp³-hybridized carbons (Fsp3) is 0.333. The summed E-state index contributed by atoms with van der Waals surface area (Å²) in [6.45, 7) is 5.62. The number of hydrogen-bond donors (Lipinski definition) is 1. The largest absolute Gasteiger partial charge is 0.493 e. The quantitative estimate of drug-likeness (QED) is 0.333. The van der Waals surface area contributed by atoms with Gasteiger partial charge < -0.3 is 19.7 Å². The van der Waals surface area contributed by atoms with Crippen molar-refractivity contribution in [3.63, 3.8) is 0 Å². The van der Waals surface area contributed by atoms with Crippen molar-refractivity contribution in [3.05, 3.63) is 83.9 Å². The third kappa shape index (κ3) is 6.93. The number of anilines is 1. The highest BCUT2D eigenvalue weighted by Gasteiger charge is 2.34. The highest BCUT2D eigenvalue weighted by molar-refractivity contribution is 7.92. The third-order valence-corrected chi connectivity index (χ3v) is 8.37. The summed E-state index contributed by atoms with van der Waals surface area (Å²) in [6, 6.07) is 19.5. The minimum absolute atomic E-state index is 0.0666. The number of ether oxygens (including phenoxy) is 2. The summed E-state index contributed by atoms with van der Waals surface area (Å²) in [7, 11) is -1.35. The van der Waals surface area contributed by atoms with Gasteiger partial charge in [-0.3, -0.25) is 13.9 Å². The van der Waals surface area contributed by atoms with Gasteiger partial charge in [0.2, 0.25) is 11.8 Å². The zero-order chi connectivity index (χ0) is 29.3. The maximum atomic E-state index is 14.0. The number of rotatable bonds is 13. The molecular formula is C30H37N3O6S. The number of carbonyl (C=O) groups excluding carboxylic acids is 2. The fourth-order valence-electron chi connectivity index (χ4n) is 4.41. The molecule has 0 heterocycles. The molecule has 3 aromatic carbocycles. The second kappa shape index (κ2) is 13.8. The number of para-hydroxylation sites is 1. The van der Waals surface area contributed by atoms with E-state index in [0.29, 0.717) is 24.4 Å². The predicted molar refractivity (Wildman–Crippen MR) is 155 cm³/mol. The molecule has 3 aromatic rings. The predicted octanol–water partition coefficient (Wildman–Crippen LogP) is 4.15. The van der Waals surface area contributed by atoms with Gasteiger partial charge in [-0.15, -0.1) is 0 Å². The van der Waals surface area contributed by atoms with Crippen LogP contribution in [0.4, 0.5) is 5.69 Å². The molecule has 0 aliphatic heterocycles. The van der Waals surface area contributed by atoms with E-state index in [4.69, 9.17) is 9.47 Å². The average Bonchev–Trinajstić information content (AvgIpc) is 2.96. The van der Waals surface area contributed by atoms with Crippen LogP contribution in [0.3, 0.4) is 0 Å². The molecule has 0 spiro atoms. The molecule has 1 unspecified atom stereocenters. The first-order valence-electron chi connectivity index (χ1n) is 13.1. The van der Waals surface area contributed by atoms with E-state index in [1.807, 2.05) is 45.0 Å². The summed E-state index contributed by atoms with van der Waals surface area (Å²) in [5.41, 5.74) is 2.14. The van der Waals surface area contributed by atoms with Crippen molar-refractivity contribution >= 4 is 27.5 Å². The van der Waals surface area contributed by atoms with Crippen molar-refractivity contribution in [2.24, 2.45) is 0 Å². The minimum atomic E-state index is -4.23. The van der Waals surface area contributed by atoms with Crippen LogP contribution in [0.15, 0.2) is 77.7 Å². The summed E-state index contributed by atoms with van der Waals surface area (Å²) in [5.74, 6) is -0.178. The highest BCUT2D eigenvalue weighted by Crippen LogP contribution is 2.32. The smallest absolute Gasteiger partial charge is 0.264 e. The van der Waals surface area contributed by atoms with Crippen molar-refractivity contribution < 1.29 is 27.5 Å². The Morgan fingerprint density at radius 2 is 1.55 bits per heavy atom. The van der Waals surface area contributed by atoms with Crippen LogP contribution < -0.4 is 19.1 Å². The lowest BCUT2D eigenvalue weighted by molar-refractivity contribution is -0.140. The second-order valence-corrected chi connectivity index (χ2v) is 11.0. The van der Waals surface area contributed by atoms with Crippen LogP contribution >= 0.6 is 0 Å². The highest BCUT2D eigenvalue weighted by atomic mass is 32.2. The molecule has 0 fully saturated rings. The molecule has 9 nitrogen and oxygen atoms in total. The van der Waals surface area contributed by atoms with Gasteiger partial charge in [0, 0.05) is 19.2 Å². The Kier molecular flexibility index (Phi) is 10.6. The van der Waals surface area contributed by atoms with Crippen LogP contribution in [0.2, 0.25) is 0 Å². The van der Waals surface area contributed by atoms with Crippen molar-refractivity contribution in [2.45, 2.75) is 44.7 Å². The molecule has 0 radical (unpaired) electrons. The summed E-state index contributed by atoms with van der Waals surface area (Å²) in [5, 5.41) is 2.81. The summed E-state index contributed by atoms with van der Waals surface area (Å²) >= 11 is 0. The SMILES string of the molecule is CCNC(=O)C(CC)N(Cc1ccccc1C)C(=O)CN(c1ccccc1)S(=O)(=O)c1ccc(OC)c(OC)c1. The molecule has 10 heteroatoms. The maximum absolute atomic E-state index is 14.0. The first kappa shape index (κ1) is 30.5. The van der Waals surface area contributed by atoms with E-state index in [1.165, 1.54) is 37.3 Å². The van der Waals surface area contributed by atoms with Gasteiger partial charge in [-0.25, -0.2) is 8.42 Å². The molecule has 2 amide bonds. The van der Waals surface area contributed by atoms with Crippen molar-refractivity contribution in [1.82, 2.24) is 10.2 Å². The van der Waals surface area contributed by atoms with E-state index in [-0.39, 0.29) is 23.1 Å². The number of sulfonamides is 1. The Labute approximate surface area is 236 Å². The number of carbonyl (C=O) groups is 2. The van der Waals surface area contributed by atoms with Gasteiger partial charge >= 0.3 is 0 Å². The van der Waals surface area contributed by atoms with Gasteiger partial charge in [-0.2, -0.15) is 0 Å². The van der Waals surface area contributed by atoms with E-state index in [9.17, 15) is 18.0 Å². The molecule has 0 saturated heterocycles. The topological polar surface area (TPSA) is 105 Å². The zero-order valence-electron chi connectivity index (χ0n) is 23.6. The normalized spacial score (nSPS) is 11.8. The number of likely N-dealkylation sites (N-methyl/N-ethyl adjacent to an activating group) is 1. The molecule has 1 atom stereocenters. The summed E-state index contributed by atoms with van der Waals surface area (Å²) < 4.78 is 39.7. The van der Waals surface area contributed by atoms with Crippen LogP contribution in [0.1, 0.15) is 31.4 Å². The lowest BCUT2D eigenvalue weighted by Crippen LogP contribution is -2.52. The minimum Gasteiger partial charge on any atom is -0.493 e. The number of nitrogens with zero attached hydrogens (tertiary/aromatic N) is 2. The van der Waals surface area contributed by atoms with Crippen molar-refractivity contribution in [1.29, 1.82) is 0 Å². The Hall–Kier alpha value is -4.05. The first-order valence-corrected chi connectivity index (χ1v) is 14.5. The van der Waals surface area contributed by atoms with Crippen LogP contribution in [-0.2, 0) is 26.2 Å². The average molecular weight is 568 g/mol. The standard InChI is InChI=1S/C30H37N3O6S/c1-6-26(30(35)31-7-2)32(20-23-14-12-11-13-22(23)3)29(34)21-33(24-15-9-8-10-16-24)40(36,37)25-17-18-27(38-4)28(19-25)39-5/h8-19,26H,6-7,20-21H2,1-5H3,(H,31,35). The van der Waals surface area contributed by atoms with Gasteiger partial charge in [0.1, 0.15) is 12.6 Å². The number of benzene rings is 3. The monoisotopic (exact) mass is 567 g/mol. The van der Waals surface area contributed by atoms with E-state index in [1.54, 1.807) is 30.3 Å². The van der Waals surface area contributed by atoms with Crippen LogP contribution in [0, 0.1) is 6.92 Å². The molecule has 1 N–H and O–H groups in total. The van der Waals surface area contributed by atoms with E-state index in [0.717, 1.165) is 15.4 Å². The second-order valence-electron chi connectivity index (χ2n) is 9.13. The Morgan fingerprint density at radius 3 is 2.15 bits per heavy atom. The van der Waals surface area contributed by atoms with Crippen LogP contribution in [-0.4, -0.2) is 58.5 Å². The molecule has 214 valence electrons. The number of aryl methyl sites for hydroxylation is 1. The molecular weight excluding hydrogens is 530 g/mol. The number of nitrogens with one attached hydrogen (secondary N) is 1. The Bertz CT molecular complexity index is 1410. The van der Waals surface area contributed by atoms with E-state index in [2.05, 4.69) is 5.32 Å². The molecule has 0 bridgehead atoms. The molecule has 0 saturated carbocycles. The van der Waals surface area contributed by atoms with Crippen LogP contribution in [0.5, 0.6) is 11.5 Å². The molecule has 40 heavy (non-hydrogen) atoms. The van der Waals surface area contributed by atoms with Gasteiger partial charge in [-0.1, -0.05) is 49.4 Å². The van der Waals surface area contributed by atoms with Gasteiger partial charge in [0.15, 0.2) is 11.5 Å². The third-order valence-electron chi connectivity index (χ3n) is 6.60. The first-order chi connectivity index (χ1) is 19.2. The summed E-state index contributed by atoms with van der Waals surface area (Å²) in [6.07, 6.45) is 0.358. The van der Waals surface area contributed by atoms with Crippen molar-refractivity contribution in [2.75, 3.05) is 31.6 Å². The van der Waals surface area contributed by atoms with E-state index >= 15 is 0 Å². The van der Waals surface area contributed by atoms with Gasteiger partial charge in [0.25, 0.3) is 10.0 Å². The van der Waals surface area contributed by atoms with Gasteiger partial charge in [-0.05, 0) is 55.7 Å². The number of methoxy groups -OCH3 is 2. The molecule has 0 aliphatic rings. The molecule has 0 aromatic heterocycles. The number of amides is 2. The van der Waals surface area contributed by atoms with Gasteiger partial charge in [0.05, 0.1) is 24.8 Å². The lowest BCUT2D eigenvalue weighted by atomic mass is 10.1. The summed E-state index contributed by atoms with van der Waals surface area (Å²) in [4.78, 5) is 28.5. The Balaban J connectivity index is 2.08. The lowest BCUT2D eigenvalue weighted by Gasteiger charge is -2.33. The zero-order valence-corrected chi connectivity index (χ0v) is 24.4. The molecule has 3 rings (SSSR count). The Morgan fingerprint density at radius 1 is 0.900 bits per heavy atom. The number of hydrogen-bond acceptors (Lipinski definition) is 6. The fourth-order valence-corrected chi connectivity index (χ4v) is 5.84. The van der Waals surface area contributed by atoms with E-state index < -0.39 is 28.5 Å². The van der Waals surface area contributed by atoms with Crippen LogP contribution in [0.25, 0.3) is 0 Å². The van der Waals surface area contributed by atoms with Crippen molar-refractivity contribution in [3.8, 4) is 11.5 Å². The maximum Gasteiger partial charge on any atom is 0.264 e. The molecule has 0 aliphatic carbocycles.